The minimum Gasteiger partial charge on any atom is -0.316 e. The fourth-order valence-corrected chi connectivity index (χ4v) is 4.08. The summed E-state index contributed by atoms with van der Waals surface area (Å²) in [5.74, 6) is 2.86. The fourth-order valence-electron chi connectivity index (χ4n) is 1.78. The number of hydrogen-bond acceptors (Lipinski definition) is 4. The highest BCUT2D eigenvalue weighted by molar-refractivity contribution is 7.99. The molecule has 1 saturated heterocycles. The third kappa shape index (κ3) is 5.59. The lowest BCUT2D eigenvalue weighted by molar-refractivity contribution is 0.473. The predicted molar refractivity (Wildman–Crippen MR) is 75.0 cm³/mol. The molecule has 0 saturated carbocycles. The van der Waals surface area contributed by atoms with E-state index in [1.54, 1.807) is 6.92 Å². The predicted octanol–water partition coefficient (Wildman–Crippen LogP) is 1.05. The molecule has 0 spiro atoms. The summed E-state index contributed by atoms with van der Waals surface area (Å²) >= 11 is 1.96. The molecule has 0 bridgehead atoms. The van der Waals surface area contributed by atoms with Crippen LogP contribution in [0.15, 0.2) is 0 Å². The van der Waals surface area contributed by atoms with Gasteiger partial charge in [0.25, 0.3) is 0 Å². The minimum absolute atomic E-state index is 0.361. The molecule has 2 N–H and O–H groups in total. The lowest BCUT2D eigenvalue weighted by Gasteiger charge is -2.22. The van der Waals surface area contributed by atoms with E-state index < -0.39 is 10.0 Å². The average Bonchev–Trinajstić information content (AvgIpc) is 2.35. The molecule has 1 unspecified atom stereocenters. The van der Waals surface area contributed by atoms with E-state index in [0.717, 1.165) is 19.4 Å². The molecule has 1 heterocycles. The van der Waals surface area contributed by atoms with Gasteiger partial charge in [-0.2, -0.15) is 11.8 Å². The van der Waals surface area contributed by atoms with Crippen LogP contribution in [0, 0.1) is 5.92 Å². The molecule has 1 aliphatic heterocycles. The lowest BCUT2D eigenvalue weighted by Crippen LogP contribution is -2.41. The van der Waals surface area contributed by atoms with Crippen molar-refractivity contribution in [3.05, 3.63) is 0 Å². The second-order valence-electron chi connectivity index (χ2n) is 4.57. The maximum Gasteiger partial charge on any atom is 0.215 e. The third-order valence-corrected chi connectivity index (χ3v) is 5.97. The third-order valence-electron chi connectivity index (χ3n) is 3.13. The number of thioether (sulfide) groups is 1. The van der Waals surface area contributed by atoms with E-state index >= 15 is 0 Å². The molecule has 1 fully saturated rings. The van der Waals surface area contributed by atoms with Crippen molar-refractivity contribution in [2.75, 3.05) is 31.1 Å². The SMILES string of the molecule is CCNCC(C)S(=O)(=O)NCC1CCSCC1. The summed E-state index contributed by atoms with van der Waals surface area (Å²) in [5.41, 5.74) is 0. The Morgan fingerprint density at radius 2 is 2.00 bits per heavy atom. The van der Waals surface area contributed by atoms with Crippen molar-refractivity contribution in [1.29, 1.82) is 0 Å². The van der Waals surface area contributed by atoms with E-state index in [1.807, 2.05) is 18.7 Å². The minimum atomic E-state index is -3.15. The van der Waals surface area contributed by atoms with Gasteiger partial charge in [-0.25, -0.2) is 13.1 Å². The van der Waals surface area contributed by atoms with E-state index in [4.69, 9.17) is 0 Å². The zero-order valence-corrected chi connectivity index (χ0v) is 12.4. The number of hydrogen-bond donors (Lipinski definition) is 2. The Hall–Kier alpha value is 0.220. The van der Waals surface area contributed by atoms with Crippen LogP contribution >= 0.6 is 11.8 Å². The Morgan fingerprint density at radius 3 is 2.59 bits per heavy atom. The molecule has 1 rings (SSSR count). The first-order valence-electron chi connectivity index (χ1n) is 6.33. The molecule has 6 heteroatoms. The Balaban J connectivity index is 2.32. The van der Waals surface area contributed by atoms with Gasteiger partial charge in [0, 0.05) is 13.1 Å². The van der Waals surface area contributed by atoms with Crippen LogP contribution in [0.25, 0.3) is 0 Å². The normalized spacial score (nSPS) is 20.4. The van der Waals surface area contributed by atoms with Crippen LogP contribution in [-0.2, 0) is 10.0 Å². The summed E-state index contributed by atoms with van der Waals surface area (Å²) in [5, 5.41) is 2.71. The molecular weight excluding hydrogens is 256 g/mol. The maximum absolute atomic E-state index is 11.9. The molecule has 0 aromatic rings. The summed E-state index contributed by atoms with van der Waals surface area (Å²) < 4.78 is 26.6. The van der Waals surface area contributed by atoms with E-state index in [-0.39, 0.29) is 5.25 Å². The molecule has 1 atom stereocenters. The summed E-state index contributed by atoms with van der Waals surface area (Å²) in [7, 11) is -3.15. The van der Waals surface area contributed by atoms with Crippen molar-refractivity contribution in [1.82, 2.24) is 10.0 Å². The van der Waals surface area contributed by atoms with E-state index in [9.17, 15) is 8.42 Å². The van der Waals surface area contributed by atoms with Gasteiger partial charge in [0.05, 0.1) is 5.25 Å². The van der Waals surface area contributed by atoms with E-state index in [2.05, 4.69) is 10.0 Å². The van der Waals surface area contributed by atoms with Gasteiger partial charge in [0.1, 0.15) is 0 Å². The molecule has 17 heavy (non-hydrogen) atoms. The Kier molecular flexibility index (Phi) is 6.84. The van der Waals surface area contributed by atoms with Crippen molar-refractivity contribution in [3.8, 4) is 0 Å². The Bertz CT molecular complexity index is 301. The van der Waals surface area contributed by atoms with Crippen LogP contribution in [0.5, 0.6) is 0 Å². The first-order chi connectivity index (χ1) is 8.06. The van der Waals surface area contributed by atoms with E-state index in [1.165, 1.54) is 11.5 Å². The topological polar surface area (TPSA) is 58.2 Å². The average molecular weight is 280 g/mol. The quantitative estimate of drug-likeness (QED) is 0.732. The zero-order chi connectivity index (χ0) is 12.7. The van der Waals surface area contributed by atoms with Crippen molar-refractivity contribution in [2.45, 2.75) is 31.9 Å². The van der Waals surface area contributed by atoms with Crippen molar-refractivity contribution < 1.29 is 8.42 Å². The maximum atomic E-state index is 11.9. The molecule has 1 aliphatic rings. The Morgan fingerprint density at radius 1 is 1.35 bits per heavy atom. The van der Waals surface area contributed by atoms with Gasteiger partial charge in [-0.15, -0.1) is 0 Å². The monoisotopic (exact) mass is 280 g/mol. The standard InChI is InChI=1S/C11H24N2O2S2/c1-3-12-8-10(2)17(14,15)13-9-11-4-6-16-7-5-11/h10-13H,3-9H2,1-2H3. The smallest absolute Gasteiger partial charge is 0.215 e. The number of sulfonamides is 1. The van der Waals surface area contributed by atoms with Crippen LogP contribution in [0.1, 0.15) is 26.7 Å². The van der Waals surface area contributed by atoms with Gasteiger partial charge >= 0.3 is 0 Å². The van der Waals surface area contributed by atoms with Crippen molar-refractivity contribution in [2.24, 2.45) is 5.92 Å². The highest BCUT2D eigenvalue weighted by Gasteiger charge is 2.22. The Labute approximate surface area is 109 Å². The van der Waals surface area contributed by atoms with Gasteiger partial charge in [0.15, 0.2) is 0 Å². The van der Waals surface area contributed by atoms with Crippen LogP contribution in [-0.4, -0.2) is 44.8 Å². The second kappa shape index (κ2) is 7.61. The highest BCUT2D eigenvalue weighted by Crippen LogP contribution is 2.22. The molecular formula is C11H24N2O2S2. The van der Waals surface area contributed by atoms with Crippen LogP contribution in [0.2, 0.25) is 0 Å². The van der Waals surface area contributed by atoms with Crippen LogP contribution in [0.3, 0.4) is 0 Å². The van der Waals surface area contributed by atoms with Gasteiger partial charge in [-0.1, -0.05) is 6.92 Å². The van der Waals surface area contributed by atoms with Crippen molar-refractivity contribution in [3.63, 3.8) is 0 Å². The van der Waals surface area contributed by atoms with Crippen molar-refractivity contribution >= 4 is 21.8 Å². The molecule has 0 radical (unpaired) electrons. The summed E-state index contributed by atoms with van der Waals surface area (Å²) in [6.45, 7) is 5.67. The summed E-state index contributed by atoms with van der Waals surface area (Å²) in [4.78, 5) is 0. The zero-order valence-electron chi connectivity index (χ0n) is 10.7. The van der Waals surface area contributed by atoms with Gasteiger partial charge in [-0.05, 0) is 43.7 Å². The molecule has 0 aromatic carbocycles. The van der Waals surface area contributed by atoms with Gasteiger partial charge < -0.3 is 5.32 Å². The number of nitrogens with one attached hydrogen (secondary N) is 2. The van der Waals surface area contributed by atoms with Crippen LogP contribution in [0.4, 0.5) is 0 Å². The molecule has 0 aliphatic carbocycles. The largest absolute Gasteiger partial charge is 0.316 e. The number of rotatable bonds is 7. The highest BCUT2D eigenvalue weighted by atomic mass is 32.2. The molecule has 0 amide bonds. The first kappa shape index (κ1) is 15.3. The molecule has 0 aromatic heterocycles. The molecule has 4 nitrogen and oxygen atoms in total. The summed E-state index contributed by atoms with van der Waals surface area (Å²) in [6, 6.07) is 0. The first-order valence-corrected chi connectivity index (χ1v) is 9.03. The second-order valence-corrected chi connectivity index (χ2v) is 7.98. The van der Waals surface area contributed by atoms with E-state index in [0.29, 0.717) is 19.0 Å². The molecule has 102 valence electrons. The van der Waals surface area contributed by atoms with Crippen LogP contribution < -0.4 is 10.0 Å². The van der Waals surface area contributed by atoms with Gasteiger partial charge in [-0.3, -0.25) is 0 Å². The van der Waals surface area contributed by atoms with Gasteiger partial charge in [0.2, 0.25) is 10.0 Å². The fraction of sp³-hybridized carbons (Fsp3) is 1.00. The lowest BCUT2D eigenvalue weighted by atomic mass is 10.0. The summed E-state index contributed by atoms with van der Waals surface area (Å²) in [6.07, 6.45) is 2.27.